The highest BCUT2D eigenvalue weighted by atomic mass is 79.9. The second-order valence-corrected chi connectivity index (χ2v) is 7.56. The molecule has 0 saturated heterocycles. The first-order valence-electron chi connectivity index (χ1n) is 9.12. The second kappa shape index (κ2) is 7.18. The van der Waals surface area contributed by atoms with Crippen molar-refractivity contribution in [2.75, 3.05) is 0 Å². The van der Waals surface area contributed by atoms with Gasteiger partial charge in [0.25, 0.3) is 5.56 Å². The quantitative estimate of drug-likeness (QED) is 0.424. The van der Waals surface area contributed by atoms with Crippen molar-refractivity contribution >= 4 is 26.8 Å². The van der Waals surface area contributed by atoms with E-state index in [0.29, 0.717) is 17.8 Å². The van der Waals surface area contributed by atoms with Crippen LogP contribution in [0, 0.1) is 0 Å². The molecular formula is C22H16BrN5O. The van der Waals surface area contributed by atoms with E-state index in [1.165, 1.54) is 5.56 Å². The van der Waals surface area contributed by atoms with Crippen LogP contribution in [0.5, 0.6) is 0 Å². The van der Waals surface area contributed by atoms with Crippen LogP contribution in [0.15, 0.2) is 82.3 Å². The van der Waals surface area contributed by atoms with E-state index in [1.807, 2.05) is 53.3 Å². The minimum atomic E-state index is -0.252. The number of rotatable bonds is 4. The van der Waals surface area contributed by atoms with Crippen LogP contribution in [0.25, 0.3) is 33.4 Å². The predicted octanol–water partition coefficient (Wildman–Crippen LogP) is 4.59. The van der Waals surface area contributed by atoms with E-state index in [4.69, 9.17) is 0 Å². The number of nitrogens with zero attached hydrogens (tertiary/aromatic N) is 3. The number of hydrogen-bond donors (Lipinski definition) is 2. The van der Waals surface area contributed by atoms with Gasteiger partial charge in [-0.15, -0.1) is 0 Å². The topological polar surface area (TPSA) is 79.4 Å². The minimum absolute atomic E-state index is 0.252. The fourth-order valence-electron chi connectivity index (χ4n) is 3.39. The second-order valence-electron chi connectivity index (χ2n) is 6.77. The number of halogens is 1. The fourth-order valence-corrected chi connectivity index (χ4v) is 4.04. The molecule has 2 aromatic carbocycles. The molecule has 29 heavy (non-hydrogen) atoms. The number of para-hydroxylation sites is 1. The normalized spacial score (nSPS) is 11.2. The zero-order chi connectivity index (χ0) is 19.8. The van der Waals surface area contributed by atoms with Gasteiger partial charge in [-0.25, -0.2) is 5.10 Å². The van der Waals surface area contributed by atoms with Crippen LogP contribution >= 0.6 is 15.9 Å². The van der Waals surface area contributed by atoms with Gasteiger partial charge in [-0.2, -0.15) is 10.2 Å². The first-order valence-corrected chi connectivity index (χ1v) is 9.91. The van der Waals surface area contributed by atoms with Crippen molar-refractivity contribution in [2.24, 2.45) is 0 Å². The summed E-state index contributed by atoms with van der Waals surface area (Å²) < 4.78 is 2.71. The summed E-state index contributed by atoms with van der Waals surface area (Å²) in [5, 5.41) is 12.3. The van der Waals surface area contributed by atoms with E-state index < -0.39 is 0 Å². The molecule has 7 heteroatoms. The third-order valence-corrected chi connectivity index (χ3v) is 5.66. The monoisotopic (exact) mass is 445 g/mol. The maximum absolute atomic E-state index is 12.5. The van der Waals surface area contributed by atoms with Crippen molar-refractivity contribution in [3.05, 3.63) is 93.4 Å². The number of fused-ring (bicyclic) bond motifs is 1. The highest BCUT2D eigenvalue weighted by Crippen LogP contribution is 2.34. The Hall–Kier alpha value is -3.45. The summed E-state index contributed by atoms with van der Waals surface area (Å²) >= 11 is 3.62. The zero-order valence-electron chi connectivity index (χ0n) is 15.3. The van der Waals surface area contributed by atoms with Crippen molar-refractivity contribution in [3.63, 3.8) is 0 Å². The van der Waals surface area contributed by atoms with Crippen LogP contribution in [-0.4, -0.2) is 25.0 Å². The van der Waals surface area contributed by atoms with Gasteiger partial charge in [-0.3, -0.25) is 9.48 Å². The van der Waals surface area contributed by atoms with E-state index in [0.717, 1.165) is 26.6 Å². The highest BCUT2D eigenvalue weighted by Gasteiger charge is 2.16. The molecular weight excluding hydrogens is 430 g/mol. The molecule has 5 rings (SSSR count). The molecule has 3 aromatic heterocycles. The summed E-state index contributed by atoms with van der Waals surface area (Å²) in [7, 11) is 0. The average Bonchev–Trinajstić information content (AvgIpc) is 3.34. The fraction of sp³-hybridized carbons (Fsp3) is 0.0455. The minimum Gasteiger partial charge on any atom is -0.353 e. The molecule has 0 saturated carbocycles. The van der Waals surface area contributed by atoms with Gasteiger partial charge >= 0.3 is 0 Å². The first-order chi connectivity index (χ1) is 14.2. The number of hydrogen-bond acceptors (Lipinski definition) is 3. The Morgan fingerprint density at radius 3 is 2.66 bits per heavy atom. The number of H-pyrrole nitrogens is 2. The average molecular weight is 446 g/mol. The Morgan fingerprint density at radius 1 is 1.03 bits per heavy atom. The van der Waals surface area contributed by atoms with E-state index in [2.05, 4.69) is 48.3 Å². The predicted molar refractivity (Wildman–Crippen MR) is 117 cm³/mol. The first kappa shape index (κ1) is 17.6. The Balaban J connectivity index is 1.53. The van der Waals surface area contributed by atoms with E-state index in [9.17, 15) is 4.79 Å². The van der Waals surface area contributed by atoms with Gasteiger partial charge in [0.05, 0.1) is 34.2 Å². The van der Waals surface area contributed by atoms with Gasteiger partial charge in [0.15, 0.2) is 0 Å². The van der Waals surface area contributed by atoms with E-state index in [1.54, 1.807) is 12.3 Å². The van der Waals surface area contributed by atoms with Gasteiger partial charge in [0.2, 0.25) is 0 Å². The van der Waals surface area contributed by atoms with Crippen LogP contribution in [0.4, 0.5) is 0 Å². The summed E-state index contributed by atoms with van der Waals surface area (Å²) in [4.78, 5) is 15.8. The molecule has 0 aliphatic carbocycles. The van der Waals surface area contributed by atoms with Crippen molar-refractivity contribution in [1.29, 1.82) is 0 Å². The summed E-state index contributed by atoms with van der Waals surface area (Å²) in [5.74, 6) is 0. The van der Waals surface area contributed by atoms with Gasteiger partial charge in [-0.05, 0) is 33.6 Å². The van der Waals surface area contributed by atoms with Crippen LogP contribution in [0.1, 0.15) is 5.56 Å². The van der Waals surface area contributed by atoms with Crippen molar-refractivity contribution in [2.45, 2.75) is 6.54 Å². The Bertz CT molecular complexity index is 1370. The van der Waals surface area contributed by atoms with Crippen LogP contribution in [0.2, 0.25) is 0 Å². The Labute approximate surface area is 174 Å². The molecule has 142 valence electrons. The maximum Gasteiger partial charge on any atom is 0.273 e. The molecule has 0 bridgehead atoms. The van der Waals surface area contributed by atoms with Gasteiger partial charge in [0.1, 0.15) is 0 Å². The lowest BCUT2D eigenvalue weighted by atomic mass is 10.1. The lowest BCUT2D eigenvalue weighted by molar-refractivity contribution is 0.687. The third kappa shape index (κ3) is 3.30. The molecule has 0 aliphatic heterocycles. The SMILES string of the molecule is O=c1[nH]nc(-c2cnn(Cc3ccccc3)c2)cc1-c1[nH]c2ccccc2c1Br. The van der Waals surface area contributed by atoms with Gasteiger partial charge in [-0.1, -0.05) is 48.5 Å². The van der Waals surface area contributed by atoms with Crippen molar-refractivity contribution in [3.8, 4) is 22.5 Å². The number of benzene rings is 2. The smallest absolute Gasteiger partial charge is 0.273 e. The summed E-state index contributed by atoms with van der Waals surface area (Å²) in [6, 6.07) is 19.8. The lowest BCUT2D eigenvalue weighted by Gasteiger charge is -2.02. The highest BCUT2D eigenvalue weighted by molar-refractivity contribution is 9.10. The number of aromatic nitrogens is 5. The molecule has 0 amide bonds. The van der Waals surface area contributed by atoms with Crippen molar-refractivity contribution < 1.29 is 0 Å². The van der Waals surface area contributed by atoms with Gasteiger partial charge in [0, 0.05) is 22.7 Å². The molecule has 2 N–H and O–H groups in total. The summed E-state index contributed by atoms with van der Waals surface area (Å²) in [5.41, 5.74) is 4.62. The van der Waals surface area contributed by atoms with E-state index >= 15 is 0 Å². The third-order valence-electron chi connectivity index (χ3n) is 4.83. The maximum atomic E-state index is 12.5. The summed E-state index contributed by atoms with van der Waals surface area (Å²) in [6.45, 7) is 0.671. The summed E-state index contributed by atoms with van der Waals surface area (Å²) in [6.07, 6.45) is 3.69. The molecule has 3 heterocycles. The van der Waals surface area contributed by atoms with Crippen LogP contribution < -0.4 is 5.56 Å². The molecule has 0 fully saturated rings. The lowest BCUT2D eigenvalue weighted by Crippen LogP contribution is -2.11. The molecule has 6 nitrogen and oxygen atoms in total. The van der Waals surface area contributed by atoms with Crippen LogP contribution in [0.3, 0.4) is 0 Å². The standard InChI is InChI=1S/C22H16BrN5O/c23-20-16-8-4-5-9-18(16)25-21(20)17-10-19(26-27-22(17)29)15-11-24-28(13-15)12-14-6-2-1-3-7-14/h1-11,13,25H,12H2,(H,27,29). The Kier molecular flexibility index (Phi) is 4.37. The molecule has 5 aromatic rings. The van der Waals surface area contributed by atoms with Crippen molar-refractivity contribution in [1.82, 2.24) is 25.0 Å². The van der Waals surface area contributed by atoms with E-state index in [-0.39, 0.29) is 5.56 Å². The zero-order valence-corrected chi connectivity index (χ0v) is 16.8. The number of aromatic amines is 2. The molecule has 0 radical (unpaired) electrons. The molecule has 0 spiro atoms. The van der Waals surface area contributed by atoms with Gasteiger partial charge < -0.3 is 4.98 Å². The largest absolute Gasteiger partial charge is 0.353 e. The molecule has 0 unspecified atom stereocenters. The number of nitrogens with one attached hydrogen (secondary N) is 2. The molecule has 0 aliphatic rings. The Morgan fingerprint density at radius 2 is 1.83 bits per heavy atom. The van der Waals surface area contributed by atoms with Crippen LogP contribution in [-0.2, 0) is 6.54 Å². The molecule has 0 atom stereocenters.